The summed E-state index contributed by atoms with van der Waals surface area (Å²) in [6.07, 6.45) is 4.85. The second-order valence-corrected chi connectivity index (χ2v) is 5.67. The van der Waals surface area contributed by atoms with Crippen molar-refractivity contribution in [2.75, 3.05) is 5.32 Å². The molecule has 4 N–H and O–H groups in total. The van der Waals surface area contributed by atoms with Crippen LogP contribution >= 0.6 is 11.6 Å². The van der Waals surface area contributed by atoms with E-state index in [0.29, 0.717) is 0 Å². The second-order valence-electron chi connectivity index (χ2n) is 5.28. The van der Waals surface area contributed by atoms with Crippen molar-refractivity contribution in [2.24, 2.45) is 23.5 Å². The minimum atomic E-state index is -1.21. The lowest BCUT2D eigenvalue weighted by molar-refractivity contribution is -0.122. The lowest BCUT2D eigenvalue weighted by Gasteiger charge is -2.27. The predicted molar refractivity (Wildman–Crippen MR) is 74.8 cm³/mol. The Labute approximate surface area is 125 Å². The molecule has 2 bridgehead atoms. The molecule has 2 aliphatic carbocycles. The number of nitrogens with two attached hydrogens (primary N) is 1. The van der Waals surface area contributed by atoms with Crippen LogP contribution in [0, 0.1) is 17.8 Å². The van der Waals surface area contributed by atoms with Crippen LogP contribution in [-0.4, -0.2) is 33.2 Å². The Kier molecular flexibility index (Phi) is 3.29. The number of allylic oxidation sites excluding steroid dienone is 1. The van der Waals surface area contributed by atoms with E-state index in [1.165, 1.54) is 6.07 Å². The molecule has 21 heavy (non-hydrogen) atoms. The molecule has 0 aromatic carbocycles. The molecule has 0 aliphatic heterocycles. The third-order valence-corrected chi connectivity index (χ3v) is 4.26. The summed E-state index contributed by atoms with van der Waals surface area (Å²) in [6.45, 7) is 0. The lowest BCUT2D eigenvalue weighted by atomic mass is 9.88. The van der Waals surface area contributed by atoms with Crippen LogP contribution in [0.5, 0.6) is 0 Å². The Hall–Kier alpha value is -2.15. The highest BCUT2D eigenvalue weighted by Gasteiger charge is 2.47. The summed E-state index contributed by atoms with van der Waals surface area (Å²) in [5.41, 5.74) is 5.50. The van der Waals surface area contributed by atoms with Crippen LogP contribution in [0.25, 0.3) is 0 Å². The van der Waals surface area contributed by atoms with Gasteiger partial charge in [-0.3, -0.25) is 4.79 Å². The van der Waals surface area contributed by atoms with Gasteiger partial charge in [-0.1, -0.05) is 23.8 Å². The van der Waals surface area contributed by atoms with Crippen LogP contribution in [0.1, 0.15) is 16.9 Å². The first-order valence-corrected chi connectivity index (χ1v) is 6.86. The molecule has 8 heteroatoms. The molecular formula is C13H13ClN4O3. The maximum absolute atomic E-state index is 11.7. The van der Waals surface area contributed by atoms with Crippen molar-refractivity contribution in [3.8, 4) is 0 Å². The molecule has 1 heterocycles. The maximum Gasteiger partial charge on any atom is 0.358 e. The first-order valence-electron chi connectivity index (χ1n) is 6.48. The highest BCUT2D eigenvalue weighted by Crippen LogP contribution is 2.45. The Morgan fingerprint density at radius 1 is 1.33 bits per heavy atom. The summed E-state index contributed by atoms with van der Waals surface area (Å²) < 4.78 is 0. The summed E-state index contributed by atoms with van der Waals surface area (Å²) in [5, 5.41) is 19.4. The number of fused-ring (bicyclic) bond motifs is 2. The van der Waals surface area contributed by atoms with Gasteiger partial charge in [-0.15, -0.1) is 10.2 Å². The zero-order valence-electron chi connectivity index (χ0n) is 10.9. The Bertz CT molecular complexity index is 648. The molecule has 2 aliphatic rings. The maximum atomic E-state index is 11.7. The predicted octanol–water partition coefficient (Wildman–Crippen LogP) is 0.916. The van der Waals surface area contributed by atoms with Crippen molar-refractivity contribution in [1.29, 1.82) is 0 Å². The van der Waals surface area contributed by atoms with Crippen LogP contribution in [0.2, 0.25) is 5.15 Å². The van der Waals surface area contributed by atoms with Crippen LogP contribution < -0.4 is 11.1 Å². The van der Waals surface area contributed by atoms with E-state index in [9.17, 15) is 9.59 Å². The van der Waals surface area contributed by atoms with Crippen molar-refractivity contribution in [3.63, 3.8) is 0 Å². The Morgan fingerprint density at radius 3 is 2.71 bits per heavy atom. The third-order valence-electron chi connectivity index (χ3n) is 4.08. The lowest BCUT2D eigenvalue weighted by Crippen LogP contribution is -2.41. The number of anilines is 1. The topological polar surface area (TPSA) is 118 Å². The number of rotatable bonds is 4. The number of carboxylic acids is 1. The molecule has 0 radical (unpaired) electrons. The largest absolute Gasteiger partial charge is 0.476 e. The van der Waals surface area contributed by atoms with E-state index in [1.54, 1.807) is 0 Å². The van der Waals surface area contributed by atoms with Gasteiger partial charge in [-0.25, -0.2) is 4.79 Å². The molecule has 4 atom stereocenters. The number of primary amides is 1. The van der Waals surface area contributed by atoms with Gasteiger partial charge in [0, 0.05) is 12.1 Å². The van der Waals surface area contributed by atoms with Crippen molar-refractivity contribution in [1.82, 2.24) is 10.2 Å². The standard InChI is InChI=1S/C13H13ClN4O3/c14-8-4-7(11(13(20)21)18-17-8)16-10-6-2-1-5(3-6)9(10)12(15)19/h1-2,4-6,9-10H,3H2,(H2,15,19)(H,16,17)(H,20,21). The number of amides is 1. The molecule has 1 aromatic heterocycles. The number of hydrogen-bond acceptors (Lipinski definition) is 5. The molecule has 1 amide bonds. The molecule has 3 rings (SSSR count). The van der Waals surface area contributed by atoms with Gasteiger partial charge >= 0.3 is 5.97 Å². The van der Waals surface area contributed by atoms with Crippen LogP contribution in [-0.2, 0) is 4.79 Å². The summed E-state index contributed by atoms with van der Waals surface area (Å²) in [6, 6.07) is 1.14. The average Bonchev–Trinajstić information content (AvgIpc) is 2.98. The van der Waals surface area contributed by atoms with Crippen molar-refractivity contribution < 1.29 is 14.7 Å². The number of aromatic carboxylic acids is 1. The molecule has 1 saturated carbocycles. The number of halogens is 1. The van der Waals surface area contributed by atoms with Crippen LogP contribution in [0.3, 0.4) is 0 Å². The minimum absolute atomic E-state index is 0.0804. The van der Waals surface area contributed by atoms with Crippen LogP contribution in [0.15, 0.2) is 18.2 Å². The van der Waals surface area contributed by atoms with Crippen LogP contribution in [0.4, 0.5) is 5.69 Å². The van der Waals surface area contributed by atoms with Gasteiger partial charge in [0.15, 0.2) is 10.8 Å². The fraction of sp³-hybridized carbons (Fsp3) is 0.385. The Balaban J connectivity index is 1.93. The molecular weight excluding hydrogens is 296 g/mol. The monoisotopic (exact) mass is 308 g/mol. The first-order chi connectivity index (χ1) is 9.97. The second kappa shape index (κ2) is 5.00. The number of carbonyl (C=O) groups is 2. The van der Waals surface area contributed by atoms with E-state index in [2.05, 4.69) is 15.5 Å². The van der Waals surface area contributed by atoms with E-state index in [0.717, 1.165) is 6.42 Å². The highest BCUT2D eigenvalue weighted by molar-refractivity contribution is 6.29. The smallest absolute Gasteiger partial charge is 0.358 e. The number of nitrogens with zero attached hydrogens (tertiary/aromatic N) is 2. The molecule has 7 nitrogen and oxygen atoms in total. The summed E-state index contributed by atoms with van der Waals surface area (Å²) >= 11 is 5.77. The number of hydrogen-bond donors (Lipinski definition) is 3. The van der Waals surface area contributed by atoms with Crippen molar-refractivity contribution in [2.45, 2.75) is 12.5 Å². The average molecular weight is 309 g/mol. The zero-order chi connectivity index (χ0) is 15.1. The normalized spacial score (nSPS) is 29.6. The number of carboxylic acid groups (broad SMARTS) is 1. The Morgan fingerprint density at radius 2 is 2.05 bits per heavy atom. The van der Waals surface area contributed by atoms with Crippen molar-refractivity contribution >= 4 is 29.2 Å². The fourth-order valence-corrected chi connectivity index (χ4v) is 3.37. The zero-order valence-corrected chi connectivity index (χ0v) is 11.6. The summed E-state index contributed by atoms with van der Waals surface area (Å²) in [7, 11) is 0. The van der Waals surface area contributed by atoms with Gasteiger partial charge in [-0.05, 0) is 18.3 Å². The molecule has 0 saturated heterocycles. The number of nitrogens with one attached hydrogen (secondary N) is 1. The summed E-state index contributed by atoms with van der Waals surface area (Å²) in [5.74, 6) is -1.73. The molecule has 110 valence electrons. The highest BCUT2D eigenvalue weighted by atomic mass is 35.5. The van der Waals surface area contributed by atoms with Gasteiger partial charge in [0.1, 0.15) is 0 Å². The molecule has 1 aromatic rings. The third kappa shape index (κ3) is 2.33. The van der Waals surface area contributed by atoms with Gasteiger partial charge in [-0.2, -0.15) is 0 Å². The van der Waals surface area contributed by atoms with E-state index < -0.39 is 11.9 Å². The van der Waals surface area contributed by atoms with Gasteiger partial charge in [0.25, 0.3) is 0 Å². The molecule has 1 fully saturated rings. The summed E-state index contributed by atoms with van der Waals surface area (Å²) in [4.78, 5) is 22.8. The van der Waals surface area contributed by atoms with E-state index in [-0.39, 0.29) is 40.3 Å². The van der Waals surface area contributed by atoms with Gasteiger partial charge in [0.2, 0.25) is 5.91 Å². The fourth-order valence-electron chi connectivity index (χ4n) is 3.22. The quantitative estimate of drug-likeness (QED) is 0.712. The van der Waals surface area contributed by atoms with E-state index >= 15 is 0 Å². The SMILES string of the molecule is NC(=O)C1C2C=CC(C2)C1Nc1cc(Cl)nnc1C(=O)O. The molecule has 4 unspecified atom stereocenters. The van der Waals surface area contributed by atoms with E-state index in [4.69, 9.17) is 22.4 Å². The van der Waals surface area contributed by atoms with Gasteiger partial charge < -0.3 is 16.2 Å². The number of aromatic nitrogens is 2. The first kappa shape index (κ1) is 13.8. The van der Waals surface area contributed by atoms with Crippen molar-refractivity contribution in [3.05, 3.63) is 29.1 Å². The van der Waals surface area contributed by atoms with E-state index in [1.807, 2.05) is 12.2 Å². The number of carbonyl (C=O) groups excluding carboxylic acids is 1. The van der Waals surface area contributed by atoms with Gasteiger partial charge in [0.05, 0.1) is 11.6 Å². The minimum Gasteiger partial charge on any atom is -0.476 e. The molecule has 0 spiro atoms.